The predicted molar refractivity (Wildman–Crippen MR) is 158 cm³/mol. The van der Waals surface area contributed by atoms with Gasteiger partial charge in [-0.25, -0.2) is 0 Å². The van der Waals surface area contributed by atoms with Gasteiger partial charge in [0.05, 0.1) is 18.4 Å². The highest BCUT2D eigenvalue weighted by Gasteiger charge is 2.38. The van der Waals surface area contributed by atoms with E-state index in [2.05, 4.69) is 40.8 Å². The summed E-state index contributed by atoms with van der Waals surface area (Å²) in [6.07, 6.45) is 11.1. The van der Waals surface area contributed by atoms with Gasteiger partial charge in [-0.05, 0) is 85.4 Å². The second kappa shape index (κ2) is 12.8. The van der Waals surface area contributed by atoms with Gasteiger partial charge in [-0.15, -0.1) is 0 Å². The smallest absolute Gasteiger partial charge is 0.261 e. The molecule has 2 aliphatic heterocycles. The lowest BCUT2D eigenvalue weighted by Gasteiger charge is -2.43. The Kier molecular flexibility index (Phi) is 9.24. The quantitative estimate of drug-likeness (QED) is 0.324. The maximum absolute atomic E-state index is 13.0. The van der Waals surface area contributed by atoms with Crippen LogP contribution in [0.25, 0.3) is 0 Å². The molecule has 5 rings (SSSR count). The van der Waals surface area contributed by atoms with Gasteiger partial charge >= 0.3 is 0 Å². The highest BCUT2D eigenvalue weighted by molar-refractivity contribution is 7.97. The lowest BCUT2D eigenvalue weighted by molar-refractivity contribution is 0.0135. The third kappa shape index (κ3) is 6.19. The van der Waals surface area contributed by atoms with E-state index >= 15 is 0 Å². The normalized spacial score (nSPS) is 26.8. The second-order valence-electron chi connectivity index (χ2n) is 10.7. The number of amides is 1. The van der Waals surface area contributed by atoms with Crippen LogP contribution in [0.3, 0.4) is 0 Å². The van der Waals surface area contributed by atoms with Crippen molar-refractivity contribution in [1.82, 2.24) is 4.72 Å². The molecule has 204 valence electrons. The number of hydrogen-bond donors (Lipinski definition) is 1. The van der Waals surface area contributed by atoms with Crippen LogP contribution >= 0.6 is 23.5 Å². The van der Waals surface area contributed by atoms with E-state index in [1.54, 1.807) is 0 Å². The summed E-state index contributed by atoms with van der Waals surface area (Å²) >= 11 is 7.87. The van der Waals surface area contributed by atoms with Gasteiger partial charge in [0, 0.05) is 42.5 Å². The molecule has 1 fully saturated rings. The first-order valence-corrected chi connectivity index (χ1v) is 15.4. The summed E-state index contributed by atoms with van der Waals surface area (Å²) in [4.78, 5) is 15.5. The number of benzene rings is 2. The molecule has 5 nitrogen and oxygen atoms in total. The monoisotopic (exact) mass is 554 g/mol. The number of halogens is 1. The Balaban J connectivity index is 1.50. The zero-order valence-electron chi connectivity index (χ0n) is 22.5. The van der Waals surface area contributed by atoms with Gasteiger partial charge in [-0.1, -0.05) is 55.1 Å². The zero-order valence-corrected chi connectivity index (χ0v) is 24.0. The van der Waals surface area contributed by atoms with Crippen LogP contribution in [0, 0.1) is 11.8 Å². The van der Waals surface area contributed by atoms with Crippen LogP contribution in [0.2, 0.25) is 5.02 Å². The van der Waals surface area contributed by atoms with Crippen LogP contribution in [0.5, 0.6) is 5.75 Å². The number of rotatable bonds is 4. The molecule has 1 aliphatic carbocycles. The van der Waals surface area contributed by atoms with Crippen molar-refractivity contribution < 1.29 is 14.3 Å². The van der Waals surface area contributed by atoms with E-state index in [4.69, 9.17) is 21.1 Å². The number of ether oxygens (including phenoxy) is 2. The van der Waals surface area contributed by atoms with Crippen molar-refractivity contribution in [2.24, 2.45) is 11.8 Å². The molecule has 1 N–H and O–H groups in total. The lowest BCUT2D eigenvalue weighted by atomic mass is 9.70. The van der Waals surface area contributed by atoms with Crippen molar-refractivity contribution >= 4 is 35.1 Å². The number of fused-ring (bicyclic) bond motifs is 2. The van der Waals surface area contributed by atoms with Gasteiger partial charge in [-0.3, -0.25) is 9.52 Å². The number of anilines is 1. The number of carbonyl (C=O) groups is 1. The van der Waals surface area contributed by atoms with Crippen molar-refractivity contribution in [1.29, 1.82) is 0 Å². The molecule has 1 amide bonds. The van der Waals surface area contributed by atoms with E-state index in [9.17, 15) is 4.79 Å². The molecule has 7 heteroatoms. The van der Waals surface area contributed by atoms with Crippen molar-refractivity contribution in [3.05, 3.63) is 70.3 Å². The van der Waals surface area contributed by atoms with E-state index in [1.807, 2.05) is 31.4 Å². The third-order valence-electron chi connectivity index (χ3n) is 8.24. The third-order valence-corrected chi connectivity index (χ3v) is 9.30. The molecule has 4 unspecified atom stereocenters. The van der Waals surface area contributed by atoms with Gasteiger partial charge < -0.3 is 14.4 Å². The highest BCUT2D eigenvalue weighted by atomic mass is 35.5. The molecule has 2 aromatic rings. The molecule has 1 saturated carbocycles. The molecular weight excluding hydrogens is 516 g/mol. The summed E-state index contributed by atoms with van der Waals surface area (Å²) in [7, 11) is 1.83. The van der Waals surface area contributed by atoms with Crippen molar-refractivity contribution in [2.45, 2.75) is 57.5 Å². The minimum atomic E-state index is -0.0508. The number of allylic oxidation sites excluding steroid dienone is 1. The lowest BCUT2D eigenvalue weighted by Crippen LogP contribution is -2.44. The van der Waals surface area contributed by atoms with Crippen LogP contribution in [0.1, 0.15) is 66.4 Å². The molecule has 0 radical (unpaired) electrons. The Bertz CT molecular complexity index is 1160. The number of aryl methyl sites for hydroxylation is 1. The van der Waals surface area contributed by atoms with Gasteiger partial charge in [0.1, 0.15) is 5.75 Å². The Morgan fingerprint density at radius 2 is 2.08 bits per heavy atom. The molecule has 2 bridgehead atoms. The fourth-order valence-corrected chi connectivity index (χ4v) is 6.92. The summed E-state index contributed by atoms with van der Waals surface area (Å²) in [5.74, 6) is 2.91. The Morgan fingerprint density at radius 3 is 2.87 bits per heavy atom. The summed E-state index contributed by atoms with van der Waals surface area (Å²) in [6.45, 7) is 4.56. The first-order chi connectivity index (χ1) is 18.6. The van der Waals surface area contributed by atoms with Crippen LogP contribution < -0.4 is 14.4 Å². The van der Waals surface area contributed by atoms with Crippen LogP contribution in [-0.2, 0) is 11.2 Å². The molecule has 0 spiro atoms. The number of methoxy groups -OCH3 is 1. The van der Waals surface area contributed by atoms with Crippen LogP contribution in [-0.4, -0.2) is 44.6 Å². The molecule has 3 aliphatic rings. The van der Waals surface area contributed by atoms with Gasteiger partial charge in [0.25, 0.3) is 5.91 Å². The topological polar surface area (TPSA) is 50.8 Å². The average molecular weight is 555 g/mol. The molecular formula is C31H39ClN2O3S. The molecule has 38 heavy (non-hydrogen) atoms. The maximum atomic E-state index is 13.0. The van der Waals surface area contributed by atoms with Crippen molar-refractivity contribution in [3.63, 3.8) is 0 Å². The van der Waals surface area contributed by atoms with E-state index < -0.39 is 0 Å². The number of hydrogen-bond acceptors (Lipinski definition) is 5. The number of carbonyl (C=O) groups excluding carboxylic acids is 1. The maximum Gasteiger partial charge on any atom is 0.261 e. The molecule has 0 aromatic heterocycles. The van der Waals surface area contributed by atoms with E-state index in [1.165, 1.54) is 35.9 Å². The van der Waals surface area contributed by atoms with Gasteiger partial charge in [-0.2, -0.15) is 0 Å². The predicted octanol–water partition coefficient (Wildman–Crippen LogP) is 7.04. The minimum Gasteiger partial charge on any atom is -0.491 e. The molecule has 2 heterocycles. The summed E-state index contributed by atoms with van der Waals surface area (Å²) in [5.41, 5.74) is 4.30. The minimum absolute atomic E-state index is 0.0508. The fraction of sp³-hybridized carbons (Fsp3) is 0.516. The summed E-state index contributed by atoms with van der Waals surface area (Å²) < 4.78 is 15.4. The van der Waals surface area contributed by atoms with Crippen molar-refractivity contribution in [2.75, 3.05) is 37.5 Å². The van der Waals surface area contributed by atoms with Crippen molar-refractivity contribution in [3.8, 4) is 5.75 Å². The largest absolute Gasteiger partial charge is 0.491 e. The van der Waals surface area contributed by atoms with E-state index in [-0.39, 0.29) is 17.9 Å². The summed E-state index contributed by atoms with van der Waals surface area (Å²) in [5, 5.41) is 0.782. The van der Waals surface area contributed by atoms with Crippen LogP contribution in [0.4, 0.5) is 5.69 Å². The molecule has 0 saturated heterocycles. The number of nitrogens with zero attached hydrogens (tertiary/aromatic N) is 1. The Morgan fingerprint density at radius 1 is 1.18 bits per heavy atom. The SMILES string of the molecule is CCCc1cc(Cl)ccc1C1COc2ccc3cc2N(C1)CC1CCC1C(OC)/C=C/CCCSNC3=O. The first-order valence-electron chi connectivity index (χ1n) is 14.0. The summed E-state index contributed by atoms with van der Waals surface area (Å²) in [6, 6.07) is 12.2. The first kappa shape index (κ1) is 27.4. The average Bonchev–Trinajstić information content (AvgIpc) is 3.08. The Hall–Kier alpha value is -2.15. The van der Waals surface area contributed by atoms with Gasteiger partial charge in [0.15, 0.2) is 0 Å². The van der Waals surface area contributed by atoms with Crippen LogP contribution in [0.15, 0.2) is 48.6 Å². The fourth-order valence-electron chi connectivity index (χ4n) is 6.07. The van der Waals surface area contributed by atoms with E-state index in [0.717, 1.165) is 61.0 Å². The van der Waals surface area contributed by atoms with Gasteiger partial charge in [0.2, 0.25) is 0 Å². The molecule has 4 atom stereocenters. The number of nitrogens with one attached hydrogen (secondary N) is 1. The highest BCUT2D eigenvalue weighted by Crippen LogP contribution is 2.43. The second-order valence-corrected chi connectivity index (χ2v) is 12.1. The molecule has 2 aromatic carbocycles. The Labute approximate surface area is 236 Å². The zero-order chi connectivity index (χ0) is 26.5. The standard InChI is InChI=1S/C31H39ClN2O3S/c1-3-7-21-16-25(32)11-13-26(21)24-19-34-18-23-9-12-27(23)29(36-2)8-5-4-6-15-38-33-31(35)22-10-14-30(37-20-24)28(34)17-22/h5,8,10-11,13-14,16-17,23-24,27,29H,3-4,6-7,9,12,15,18-20H2,1-2H3,(H,33,35)/b8-5+. The van der Waals surface area contributed by atoms with E-state index in [0.29, 0.717) is 24.0 Å².